The van der Waals surface area contributed by atoms with E-state index in [0.717, 1.165) is 19.5 Å². The number of ether oxygens (including phenoxy) is 2. The molecule has 0 N–H and O–H groups in total. The van der Waals surface area contributed by atoms with Gasteiger partial charge in [0.1, 0.15) is 10.6 Å². The summed E-state index contributed by atoms with van der Waals surface area (Å²) in [6.45, 7) is 1.90. The average molecular weight is 476 g/mol. The molecule has 0 amide bonds. The summed E-state index contributed by atoms with van der Waals surface area (Å²) >= 11 is 5.84. The molecule has 1 atom stereocenters. The Morgan fingerprint density at radius 2 is 1.91 bits per heavy atom. The number of aromatic nitrogens is 2. The Bertz CT molecular complexity index is 1270. The number of halogens is 2. The average Bonchev–Trinajstić information content (AvgIpc) is 3.37. The third-order valence-corrected chi connectivity index (χ3v) is 7.19. The quantitative estimate of drug-likeness (QED) is 0.552. The summed E-state index contributed by atoms with van der Waals surface area (Å²) in [4.78, 5) is 10.7. The molecule has 1 saturated heterocycles. The van der Waals surface area contributed by atoms with E-state index in [1.807, 2.05) is 0 Å². The number of benzene rings is 2. The van der Waals surface area contributed by atoms with Crippen LogP contribution in [-0.2, 0) is 9.84 Å². The van der Waals surface area contributed by atoms with Gasteiger partial charge in [-0.2, -0.15) is 0 Å². The fourth-order valence-electron chi connectivity index (χ4n) is 3.89. The largest absolute Gasteiger partial charge is 0.490 e. The van der Waals surface area contributed by atoms with Gasteiger partial charge in [-0.05, 0) is 41.8 Å². The Labute approximate surface area is 189 Å². The van der Waals surface area contributed by atoms with E-state index < -0.39 is 15.7 Å². The molecule has 2 aliphatic heterocycles. The molecular formula is C22H19ClFN3O4S. The van der Waals surface area contributed by atoms with Gasteiger partial charge in [-0.15, -0.1) is 0 Å². The maximum Gasteiger partial charge on any atom is 0.225 e. The van der Waals surface area contributed by atoms with Gasteiger partial charge in [-0.25, -0.2) is 22.8 Å². The summed E-state index contributed by atoms with van der Waals surface area (Å²) in [7, 11) is -3.39. The van der Waals surface area contributed by atoms with Crippen molar-refractivity contribution in [2.24, 2.45) is 5.92 Å². The SMILES string of the molecule is O=S1(=O)COc2cc(-c3ccc(OC[C@H]4CCN(c5ncc(Cl)cn5)C4)c(F)c3)ccc21. The highest BCUT2D eigenvalue weighted by Gasteiger charge is 2.28. The predicted octanol–water partition coefficient (Wildman–Crippen LogP) is 3.97. The van der Waals surface area contributed by atoms with E-state index in [-0.39, 0.29) is 22.5 Å². The number of fused-ring (bicyclic) bond motifs is 1. The third kappa shape index (κ3) is 4.10. The van der Waals surface area contributed by atoms with Crippen LogP contribution in [-0.4, -0.2) is 44.0 Å². The molecule has 7 nitrogen and oxygen atoms in total. The maximum absolute atomic E-state index is 14.7. The van der Waals surface area contributed by atoms with Crippen molar-refractivity contribution in [3.8, 4) is 22.6 Å². The Morgan fingerprint density at radius 1 is 1.16 bits per heavy atom. The number of anilines is 1. The van der Waals surface area contributed by atoms with Crippen LogP contribution in [0.15, 0.2) is 53.7 Å². The molecule has 0 spiro atoms. The van der Waals surface area contributed by atoms with Gasteiger partial charge in [0, 0.05) is 19.0 Å². The van der Waals surface area contributed by atoms with Gasteiger partial charge in [0.25, 0.3) is 0 Å². The van der Waals surface area contributed by atoms with Gasteiger partial charge >= 0.3 is 0 Å². The summed E-state index contributed by atoms with van der Waals surface area (Å²) in [5.74, 6) is 0.471. The molecule has 2 aromatic carbocycles. The van der Waals surface area contributed by atoms with E-state index in [9.17, 15) is 12.8 Å². The molecule has 0 radical (unpaired) electrons. The van der Waals surface area contributed by atoms with Crippen molar-refractivity contribution in [2.45, 2.75) is 11.3 Å². The third-order valence-electron chi connectivity index (χ3n) is 5.56. The van der Waals surface area contributed by atoms with Gasteiger partial charge in [-0.1, -0.05) is 23.7 Å². The van der Waals surface area contributed by atoms with Crippen molar-refractivity contribution in [3.63, 3.8) is 0 Å². The first-order chi connectivity index (χ1) is 15.4. The number of sulfone groups is 1. The standard InChI is InChI=1S/C22H19ClFN3O4S/c23-17-9-25-22(26-10-17)27-6-5-14(11-27)12-30-19-3-1-15(7-18(19)24)16-2-4-21-20(8-16)31-13-32(21,28)29/h1-4,7-10,14H,5-6,11-13H2/t14-/m0/s1. The molecular weight excluding hydrogens is 457 g/mol. The van der Waals surface area contributed by atoms with Gasteiger partial charge in [0.05, 0.1) is 24.0 Å². The van der Waals surface area contributed by atoms with Crippen LogP contribution in [0.4, 0.5) is 10.3 Å². The molecule has 166 valence electrons. The van der Waals surface area contributed by atoms with Crippen LogP contribution in [0.3, 0.4) is 0 Å². The molecule has 1 aromatic heterocycles. The van der Waals surface area contributed by atoms with Crippen LogP contribution in [0.5, 0.6) is 11.5 Å². The second-order valence-electron chi connectivity index (χ2n) is 7.80. The lowest BCUT2D eigenvalue weighted by molar-refractivity contribution is 0.250. The van der Waals surface area contributed by atoms with Crippen LogP contribution in [0, 0.1) is 11.7 Å². The highest BCUT2D eigenvalue weighted by Crippen LogP contribution is 2.36. The van der Waals surface area contributed by atoms with E-state index >= 15 is 0 Å². The second kappa shape index (κ2) is 8.22. The minimum Gasteiger partial charge on any atom is -0.490 e. The summed E-state index contributed by atoms with van der Waals surface area (Å²) < 4.78 is 49.4. The van der Waals surface area contributed by atoms with E-state index in [0.29, 0.717) is 34.5 Å². The zero-order chi connectivity index (χ0) is 22.3. The zero-order valence-electron chi connectivity index (χ0n) is 16.9. The second-order valence-corrected chi connectivity index (χ2v) is 10.1. The molecule has 5 rings (SSSR count). The van der Waals surface area contributed by atoms with Crippen LogP contribution in [0.2, 0.25) is 5.02 Å². The Kier molecular flexibility index (Phi) is 5.38. The molecule has 0 bridgehead atoms. The number of hydrogen-bond acceptors (Lipinski definition) is 7. The van der Waals surface area contributed by atoms with E-state index in [4.69, 9.17) is 21.1 Å². The van der Waals surface area contributed by atoms with Crippen LogP contribution in [0.1, 0.15) is 6.42 Å². The van der Waals surface area contributed by atoms with E-state index in [1.54, 1.807) is 36.7 Å². The molecule has 1 fully saturated rings. The molecule has 3 heterocycles. The monoisotopic (exact) mass is 475 g/mol. The van der Waals surface area contributed by atoms with Crippen molar-refractivity contribution in [1.29, 1.82) is 0 Å². The molecule has 0 unspecified atom stereocenters. The normalized spacial score (nSPS) is 18.9. The van der Waals surface area contributed by atoms with Crippen LogP contribution >= 0.6 is 11.6 Å². The van der Waals surface area contributed by atoms with Gasteiger partial charge in [0.15, 0.2) is 17.5 Å². The van der Waals surface area contributed by atoms with Gasteiger partial charge < -0.3 is 14.4 Å². The summed E-state index contributed by atoms with van der Waals surface area (Å²) in [5.41, 5.74) is 1.28. The fraction of sp³-hybridized carbons (Fsp3) is 0.273. The summed E-state index contributed by atoms with van der Waals surface area (Å²) in [6.07, 6.45) is 4.02. The summed E-state index contributed by atoms with van der Waals surface area (Å²) in [5, 5.41) is 0.490. The highest BCUT2D eigenvalue weighted by atomic mass is 35.5. The fourth-order valence-corrected chi connectivity index (χ4v) is 5.09. The van der Waals surface area contributed by atoms with Crippen molar-refractivity contribution in [2.75, 3.05) is 30.5 Å². The minimum atomic E-state index is -3.39. The molecule has 0 aliphatic carbocycles. The topological polar surface area (TPSA) is 81.6 Å². The predicted molar refractivity (Wildman–Crippen MR) is 117 cm³/mol. The Balaban J connectivity index is 1.23. The Morgan fingerprint density at radius 3 is 2.69 bits per heavy atom. The first-order valence-corrected chi connectivity index (χ1v) is 12.1. The van der Waals surface area contributed by atoms with Gasteiger partial charge in [-0.3, -0.25) is 0 Å². The smallest absolute Gasteiger partial charge is 0.225 e. The molecule has 10 heteroatoms. The first kappa shape index (κ1) is 21.0. The number of hydrogen-bond donors (Lipinski definition) is 0. The molecule has 0 saturated carbocycles. The van der Waals surface area contributed by atoms with Crippen molar-refractivity contribution < 1.29 is 22.3 Å². The van der Waals surface area contributed by atoms with E-state index in [2.05, 4.69) is 14.9 Å². The molecule has 3 aromatic rings. The zero-order valence-corrected chi connectivity index (χ0v) is 18.4. The lowest BCUT2D eigenvalue weighted by Crippen LogP contribution is -2.23. The first-order valence-electron chi connectivity index (χ1n) is 10.0. The van der Waals surface area contributed by atoms with Crippen molar-refractivity contribution in [1.82, 2.24) is 9.97 Å². The van der Waals surface area contributed by atoms with E-state index in [1.165, 1.54) is 12.1 Å². The number of rotatable bonds is 5. The van der Waals surface area contributed by atoms with Crippen molar-refractivity contribution in [3.05, 3.63) is 59.6 Å². The lowest BCUT2D eigenvalue weighted by atomic mass is 10.0. The van der Waals surface area contributed by atoms with Gasteiger partial charge in [0.2, 0.25) is 15.8 Å². The number of nitrogens with zero attached hydrogens (tertiary/aromatic N) is 3. The summed E-state index contributed by atoms with van der Waals surface area (Å²) in [6, 6.07) is 9.46. The Hall–Kier alpha value is -2.91. The van der Waals surface area contributed by atoms with Crippen molar-refractivity contribution >= 4 is 27.4 Å². The lowest BCUT2D eigenvalue weighted by Gasteiger charge is -2.16. The molecule has 2 aliphatic rings. The highest BCUT2D eigenvalue weighted by molar-refractivity contribution is 7.91. The van der Waals surface area contributed by atoms with Crippen LogP contribution < -0.4 is 14.4 Å². The molecule has 32 heavy (non-hydrogen) atoms. The van der Waals surface area contributed by atoms with Crippen LogP contribution in [0.25, 0.3) is 11.1 Å². The maximum atomic E-state index is 14.7. The minimum absolute atomic E-state index is 0.163.